The van der Waals surface area contributed by atoms with Crippen LogP contribution in [0.5, 0.6) is 0 Å². The first-order valence-corrected chi connectivity index (χ1v) is 4.02. The van der Waals surface area contributed by atoms with Crippen molar-refractivity contribution in [2.75, 3.05) is 6.54 Å². The van der Waals surface area contributed by atoms with Crippen molar-refractivity contribution in [3.05, 3.63) is 12.2 Å². The molecule has 1 heterocycles. The first-order valence-electron chi connectivity index (χ1n) is 4.02. The number of Topliss-reactive ketones (excluding diaryl/α,β-unsaturated/α-hetero) is 1. The average Bonchev–Trinajstić information content (AvgIpc) is 2.46. The third-order valence-corrected chi connectivity index (χ3v) is 2.47. The number of hydrogen-bond acceptors (Lipinski definition) is 3. The molecule has 1 saturated heterocycles. The van der Waals surface area contributed by atoms with Crippen LogP contribution < -0.4 is 10.9 Å². The van der Waals surface area contributed by atoms with E-state index >= 15 is 0 Å². The Kier molecular flexibility index (Phi) is 1.55. The van der Waals surface area contributed by atoms with Crippen molar-refractivity contribution in [1.82, 2.24) is 10.9 Å². The summed E-state index contributed by atoms with van der Waals surface area (Å²) in [6.07, 6.45) is 6.40. The minimum atomic E-state index is -0.255. The van der Waals surface area contributed by atoms with Crippen LogP contribution in [0.1, 0.15) is 19.3 Å². The lowest BCUT2D eigenvalue weighted by molar-refractivity contribution is -0.124. The molecule has 1 fully saturated rings. The van der Waals surface area contributed by atoms with E-state index < -0.39 is 0 Å². The Morgan fingerprint density at radius 1 is 1.45 bits per heavy atom. The van der Waals surface area contributed by atoms with Crippen molar-refractivity contribution in [3.8, 4) is 0 Å². The number of nitrogens with one attached hydrogen (secondary N) is 2. The highest BCUT2D eigenvalue weighted by atomic mass is 16.1. The molecule has 2 aliphatic rings. The second-order valence-corrected chi connectivity index (χ2v) is 3.19. The molecule has 60 valence electrons. The largest absolute Gasteiger partial charge is 0.297 e. The van der Waals surface area contributed by atoms with Crippen LogP contribution in [0, 0.1) is 0 Å². The fraction of sp³-hybridized carbons (Fsp3) is 0.625. The zero-order valence-corrected chi connectivity index (χ0v) is 6.39. The number of hydrogen-bond donors (Lipinski definition) is 2. The molecule has 1 aliphatic carbocycles. The quantitative estimate of drug-likeness (QED) is 0.485. The molecule has 1 unspecified atom stereocenters. The van der Waals surface area contributed by atoms with Crippen molar-refractivity contribution < 1.29 is 4.79 Å². The third kappa shape index (κ3) is 1.01. The van der Waals surface area contributed by atoms with Crippen LogP contribution in [0.4, 0.5) is 0 Å². The fourth-order valence-electron chi connectivity index (χ4n) is 1.72. The van der Waals surface area contributed by atoms with Gasteiger partial charge >= 0.3 is 0 Å². The van der Waals surface area contributed by atoms with E-state index in [9.17, 15) is 4.79 Å². The van der Waals surface area contributed by atoms with E-state index in [4.69, 9.17) is 0 Å². The lowest BCUT2D eigenvalue weighted by Crippen LogP contribution is -2.50. The van der Waals surface area contributed by atoms with Gasteiger partial charge in [0.05, 0.1) is 5.54 Å². The highest BCUT2D eigenvalue weighted by molar-refractivity contribution is 5.91. The topological polar surface area (TPSA) is 41.1 Å². The van der Waals surface area contributed by atoms with Crippen molar-refractivity contribution in [2.24, 2.45) is 0 Å². The molecular weight excluding hydrogens is 140 g/mol. The van der Waals surface area contributed by atoms with E-state index in [-0.39, 0.29) is 5.54 Å². The Labute approximate surface area is 65.8 Å². The first-order chi connectivity index (χ1) is 5.33. The van der Waals surface area contributed by atoms with Gasteiger partial charge in [0.25, 0.3) is 0 Å². The van der Waals surface area contributed by atoms with Crippen molar-refractivity contribution in [1.29, 1.82) is 0 Å². The molecule has 1 aliphatic heterocycles. The number of carbonyl (C=O) groups excluding carboxylic acids is 1. The summed E-state index contributed by atoms with van der Waals surface area (Å²) in [5, 5.41) is 0. The predicted molar refractivity (Wildman–Crippen MR) is 41.9 cm³/mol. The maximum Gasteiger partial charge on any atom is 0.158 e. The van der Waals surface area contributed by atoms with Gasteiger partial charge in [-0.2, -0.15) is 0 Å². The fourth-order valence-corrected chi connectivity index (χ4v) is 1.72. The number of carbonyl (C=O) groups is 1. The number of hydrazine groups is 1. The SMILES string of the molecule is O=C1CC=CCC12CCNN2. The third-order valence-electron chi connectivity index (χ3n) is 2.47. The molecular formula is C8H12N2O. The van der Waals surface area contributed by atoms with Gasteiger partial charge in [-0.15, -0.1) is 0 Å². The van der Waals surface area contributed by atoms with Gasteiger partial charge in [0.2, 0.25) is 0 Å². The Hall–Kier alpha value is -0.670. The summed E-state index contributed by atoms with van der Waals surface area (Å²) < 4.78 is 0. The van der Waals surface area contributed by atoms with Crippen LogP contribution in [-0.4, -0.2) is 17.9 Å². The van der Waals surface area contributed by atoms with E-state index in [0.29, 0.717) is 12.2 Å². The smallest absolute Gasteiger partial charge is 0.158 e. The second-order valence-electron chi connectivity index (χ2n) is 3.19. The van der Waals surface area contributed by atoms with Gasteiger partial charge in [-0.25, -0.2) is 5.43 Å². The summed E-state index contributed by atoms with van der Waals surface area (Å²) in [6.45, 7) is 0.902. The number of ketones is 1. The van der Waals surface area contributed by atoms with Gasteiger partial charge in [-0.1, -0.05) is 12.2 Å². The molecule has 1 spiro atoms. The summed E-state index contributed by atoms with van der Waals surface area (Å²) in [7, 11) is 0. The summed E-state index contributed by atoms with van der Waals surface area (Å²) in [5.41, 5.74) is 5.82. The Morgan fingerprint density at radius 2 is 2.36 bits per heavy atom. The maximum absolute atomic E-state index is 11.5. The number of rotatable bonds is 0. The molecule has 0 aromatic heterocycles. The maximum atomic E-state index is 11.5. The molecule has 0 bridgehead atoms. The summed E-state index contributed by atoms with van der Waals surface area (Å²) in [6, 6.07) is 0. The van der Waals surface area contributed by atoms with Gasteiger partial charge in [-0.05, 0) is 12.8 Å². The molecule has 11 heavy (non-hydrogen) atoms. The number of allylic oxidation sites excluding steroid dienone is 1. The highest BCUT2D eigenvalue weighted by Crippen LogP contribution is 2.25. The van der Waals surface area contributed by atoms with Gasteiger partial charge in [0.15, 0.2) is 5.78 Å². The van der Waals surface area contributed by atoms with Gasteiger partial charge in [0, 0.05) is 13.0 Å². The van der Waals surface area contributed by atoms with Gasteiger partial charge < -0.3 is 0 Å². The normalized spacial score (nSPS) is 36.9. The van der Waals surface area contributed by atoms with E-state index in [1.807, 2.05) is 6.08 Å². The van der Waals surface area contributed by atoms with E-state index in [0.717, 1.165) is 19.4 Å². The van der Waals surface area contributed by atoms with E-state index in [1.54, 1.807) is 0 Å². The highest BCUT2D eigenvalue weighted by Gasteiger charge is 2.40. The van der Waals surface area contributed by atoms with Crippen LogP contribution in [0.25, 0.3) is 0 Å². The Morgan fingerprint density at radius 3 is 3.00 bits per heavy atom. The summed E-state index contributed by atoms with van der Waals surface area (Å²) >= 11 is 0. The molecule has 0 saturated carbocycles. The zero-order chi connectivity index (χ0) is 7.73. The standard InChI is InChI=1S/C8H12N2O/c11-7-3-1-2-4-8(7)5-6-9-10-8/h1-2,9-10H,3-6H2. The molecule has 0 aromatic rings. The second kappa shape index (κ2) is 2.43. The molecule has 0 aromatic carbocycles. The monoisotopic (exact) mass is 152 g/mol. The van der Waals surface area contributed by atoms with Crippen molar-refractivity contribution >= 4 is 5.78 Å². The minimum absolute atomic E-state index is 0.255. The molecule has 1 atom stereocenters. The average molecular weight is 152 g/mol. The Balaban J connectivity index is 2.22. The lowest BCUT2D eigenvalue weighted by atomic mass is 9.83. The molecule has 3 nitrogen and oxygen atoms in total. The molecule has 2 N–H and O–H groups in total. The van der Waals surface area contributed by atoms with E-state index in [2.05, 4.69) is 16.9 Å². The van der Waals surface area contributed by atoms with Crippen LogP contribution >= 0.6 is 0 Å². The van der Waals surface area contributed by atoms with Crippen LogP contribution in [0.3, 0.4) is 0 Å². The molecule has 3 heteroatoms. The predicted octanol–water partition coefficient (Wildman–Crippen LogP) is 0.142. The molecule has 2 rings (SSSR count). The first kappa shape index (κ1) is 7.00. The Bertz CT molecular complexity index is 204. The van der Waals surface area contributed by atoms with Gasteiger partial charge in [-0.3, -0.25) is 10.2 Å². The van der Waals surface area contributed by atoms with Crippen LogP contribution in [0.2, 0.25) is 0 Å². The molecule has 0 radical (unpaired) electrons. The van der Waals surface area contributed by atoms with Gasteiger partial charge in [0.1, 0.15) is 0 Å². The molecule has 0 amide bonds. The van der Waals surface area contributed by atoms with Crippen molar-refractivity contribution in [3.63, 3.8) is 0 Å². The zero-order valence-electron chi connectivity index (χ0n) is 6.39. The summed E-state index contributed by atoms with van der Waals surface area (Å²) in [4.78, 5) is 11.5. The van der Waals surface area contributed by atoms with Crippen molar-refractivity contribution in [2.45, 2.75) is 24.8 Å². The lowest BCUT2D eigenvalue weighted by Gasteiger charge is -2.27. The van der Waals surface area contributed by atoms with E-state index in [1.165, 1.54) is 0 Å². The van der Waals surface area contributed by atoms with Crippen LogP contribution in [0.15, 0.2) is 12.2 Å². The minimum Gasteiger partial charge on any atom is -0.297 e. The summed E-state index contributed by atoms with van der Waals surface area (Å²) in [5.74, 6) is 0.324. The van der Waals surface area contributed by atoms with Crippen LogP contribution in [-0.2, 0) is 4.79 Å².